The standard InChI is InChI=1S/C14H19ClN4OS/c1-2-10-9-11-12(17-14(15)18-13(11)21-10)16-3-4-19-5-7-20-8-6-19/h9H,2-8H2,1H3,(H,16,17,18). The SMILES string of the molecule is CCc1cc2c(NCCN3CCOCC3)nc(Cl)nc2s1. The Kier molecular flexibility index (Phi) is 4.90. The Balaban J connectivity index is 1.69. The van der Waals surface area contributed by atoms with Crippen LogP contribution in [0, 0.1) is 0 Å². The Morgan fingerprint density at radius 3 is 2.95 bits per heavy atom. The number of ether oxygens (including phenoxy) is 1. The average Bonchev–Trinajstić information content (AvgIpc) is 2.91. The summed E-state index contributed by atoms with van der Waals surface area (Å²) in [4.78, 5) is 13.3. The van der Waals surface area contributed by atoms with E-state index in [-0.39, 0.29) is 0 Å². The van der Waals surface area contributed by atoms with Gasteiger partial charge in [0.05, 0.1) is 18.6 Å². The van der Waals surface area contributed by atoms with Crippen molar-refractivity contribution in [3.8, 4) is 0 Å². The summed E-state index contributed by atoms with van der Waals surface area (Å²) in [5.41, 5.74) is 0. The number of hydrogen-bond donors (Lipinski definition) is 1. The first-order chi connectivity index (χ1) is 10.3. The van der Waals surface area contributed by atoms with E-state index in [0.29, 0.717) is 5.28 Å². The van der Waals surface area contributed by atoms with Crippen molar-refractivity contribution < 1.29 is 4.74 Å². The zero-order valence-corrected chi connectivity index (χ0v) is 13.6. The molecule has 0 unspecified atom stereocenters. The van der Waals surface area contributed by atoms with Crippen LogP contribution in [-0.2, 0) is 11.2 Å². The average molecular weight is 327 g/mol. The minimum atomic E-state index is 0.306. The number of halogens is 1. The van der Waals surface area contributed by atoms with Crippen LogP contribution in [0.15, 0.2) is 6.07 Å². The monoisotopic (exact) mass is 326 g/mol. The van der Waals surface area contributed by atoms with Crippen molar-refractivity contribution in [3.63, 3.8) is 0 Å². The first-order valence-electron chi connectivity index (χ1n) is 7.26. The number of hydrogen-bond acceptors (Lipinski definition) is 6. The van der Waals surface area contributed by atoms with Crippen LogP contribution in [0.2, 0.25) is 5.28 Å². The lowest BCUT2D eigenvalue weighted by Crippen LogP contribution is -2.39. The zero-order valence-electron chi connectivity index (χ0n) is 12.1. The molecule has 0 amide bonds. The van der Waals surface area contributed by atoms with Gasteiger partial charge < -0.3 is 10.1 Å². The van der Waals surface area contributed by atoms with Gasteiger partial charge >= 0.3 is 0 Å². The van der Waals surface area contributed by atoms with Crippen LogP contribution in [-0.4, -0.2) is 54.3 Å². The third kappa shape index (κ3) is 3.63. The molecule has 1 aliphatic heterocycles. The van der Waals surface area contributed by atoms with E-state index in [2.05, 4.69) is 33.2 Å². The van der Waals surface area contributed by atoms with Crippen LogP contribution in [0.25, 0.3) is 10.2 Å². The van der Waals surface area contributed by atoms with Gasteiger partial charge in [0.25, 0.3) is 0 Å². The fourth-order valence-corrected chi connectivity index (χ4v) is 3.60. The summed E-state index contributed by atoms with van der Waals surface area (Å²) in [5.74, 6) is 0.842. The summed E-state index contributed by atoms with van der Waals surface area (Å²) in [6, 6.07) is 2.16. The second kappa shape index (κ2) is 6.87. The molecule has 0 atom stereocenters. The highest BCUT2D eigenvalue weighted by atomic mass is 35.5. The van der Waals surface area contributed by atoms with Gasteiger partial charge in [0.2, 0.25) is 5.28 Å². The minimum absolute atomic E-state index is 0.306. The van der Waals surface area contributed by atoms with E-state index in [9.17, 15) is 0 Å². The van der Waals surface area contributed by atoms with Crippen molar-refractivity contribution in [3.05, 3.63) is 16.2 Å². The molecular formula is C14H19ClN4OS. The number of morpholine rings is 1. The fraction of sp³-hybridized carbons (Fsp3) is 0.571. The van der Waals surface area contributed by atoms with Gasteiger partial charge in [-0.25, -0.2) is 9.97 Å². The Morgan fingerprint density at radius 2 is 2.19 bits per heavy atom. The summed E-state index contributed by atoms with van der Waals surface area (Å²) in [7, 11) is 0. The van der Waals surface area contributed by atoms with Gasteiger partial charge in [-0.1, -0.05) is 6.92 Å². The van der Waals surface area contributed by atoms with Crippen molar-refractivity contribution in [2.45, 2.75) is 13.3 Å². The highest BCUT2D eigenvalue weighted by Crippen LogP contribution is 2.30. The number of fused-ring (bicyclic) bond motifs is 1. The highest BCUT2D eigenvalue weighted by Gasteiger charge is 2.12. The lowest BCUT2D eigenvalue weighted by Gasteiger charge is -2.26. The molecular weight excluding hydrogens is 308 g/mol. The molecule has 2 aromatic rings. The maximum Gasteiger partial charge on any atom is 0.225 e. The second-order valence-electron chi connectivity index (χ2n) is 5.01. The first-order valence-corrected chi connectivity index (χ1v) is 8.45. The minimum Gasteiger partial charge on any atom is -0.379 e. The normalized spacial score (nSPS) is 16.5. The van der Waals surface area contributed by atoms with Gasteiger partial charge in [-0.2, -0.15) is 0 Å². The molecule has 3 rings (SSSR count). The Labute approximate surface area is 133 Å². The molecule has 1 aliphatic rings. The van der Waals surface area contributed by atoms with Crippen LogP contribution in [0.3, 0.4) is 0 Å². The van der Waals surface area contributed by atoms with Crippen LogP contribution in [0.4, 0.5) is 5.82 Å². The molecule has 1 saturated heterocycles. The Bertz CT molecular complexity index is 612. The van der Waals surface area contributed by atoms with Crippen molar-refractivity contribution in [1.82, 2.24) is 14.9 Å². The molecule has 0 saturated carbocycles. The van der Waals surface area contributed by atoms with Crippen molar-refractivity contribution in [1.29, 1.82) is 0 Å². The van der Waals surface area contributed by atoms with E-state index in [0.717, 1.165) is 61.8 Å². The van der Waals surface area contributed by atoms with Crippen LogP contribution >= 0.6 is 22.9 Å². The van der Waals surface area contributed by atoms with E-state index in [1.165, 1.54) is 4.88 Å². The van der Waals surface area contributed by atoms with Gasteiger partial charge in [-0.3, -0.25) is 4.90 Å². The van der Waals surface area contributed by atoms with Gasteiger partial charge in [0.15, 0.2) is 0 Å². The quantitative estimate of drug-likeness (QED) is 0.856. The summed E-state index contributed by atoms with van der Waals surface area (Å²) in [5, 5.41) is 4.78. The molecule has 0 aliphatic carbocycles. The number of aromatic nitrogens is 2. The third-order valence-electron chi connectivity index (χ3n) is 3.59. The molecule has 7 heteroatoms. The molecule has 21 heavy (non-hydrogen) atoms. The topological polar surface area (TPSA) is 50.3 Å². The molecule has 114 valence electrons. The second-order valence-corrected chi connectivity index (χ2v) is 6.46. The number of aryl methyl sites for hydroxylation is 1. The number of anilines is 1. The largest absolute Gasteiger partial charge is 0.379 e. The van der Waals surface area contributed by atoms with Gasteiger partial charge in [-0.05, 0) is 24.1 Å². The molecule has 0 spiro atoms. The number of thiophene rings is 1. The maximum atomic E-state index is 6.02. The molecule has 0 bridgehead atoms. The summed E-state index contributed by atoms with van der Waals surface area (Å²) < 4.78 is 5.35. The van der Waals surface area contributed by atoms with Gasteiger partial charge in [0.1, 0.15) is 10.6 Å². The summed E-state index contributed by atoms with van der Waals surface area (Å²) in [6.45, 7) is 7.63. The van der Waals surface area contributed by atoms with Crippen molar-refractivity contribution in [2.24, 2.45) is 0 Å². The summed E-state index contributed by atoms with van der Waals surface area (Å²) in [6.07, 6.45) is 1.01. The van der Waals surface area contributed by atoms with E-state index in [1.807, 2.05) is 0 Å². The fourth-order valence-electron chi connectivity index (χ4n) is 2.41. The predicted octanol–water partition coefficient (Wildman–Crippen LogP) is 2.65. The molecule has 3 heterocycles. The predicted molar refractivity (Wildman–Crippen MR) is 87.6 cm³/mol. The van der Waals surface area contributed by atoms with E-state index in [4.69, 9.17) is 16.3 Å². The highest BCUT2D eigenvalue weighted by molar-refractivity contribution is 7.18. The van der Waals surface area contributed by atoms with Crippen molar-refractivity contribution >= 4 is 39.0 Å². The van der Waals surface area contributed by atoms with E-state index < -0.39 is 0 Å². The number of nitrogens with zero attached hydrogens (tertiary/aromatic N) is 3. The lowest BCUT2D eigenvalue weighted by molar-refractivity contribution is 0.0398. The van der Waals surface area contributed by atoms with Gasteiger partial charge in [0, 0.05) is 31.1 Å². The van der Waals surface area contributed by atoms with Crippen molar-refractivity contribution in [2.75, 3.05) is 44.7 Å². The van der Waals surface area contributed by atoms with E-state index in [1.54, 1.807) is 11.3 Å². The Hall–Kier alpha value is -0.950. The molecule has 1 fully saturated rings. The molecule has 0 aromatic carbocycles. The molecule has 0 radical (unpaired) electrons. The Morgan fingerprint density at radius 1 is 1.38 bits per heavy atom. The number of nitrogens with one attached hydrogen (secondary N) is 1. The maximum absolute atomic E-state index is 6.02. The lowest BCUT2D eigenvalue weighted by atomic mass is 10.3. The van der Waals surface area contributed by atoms with E-state index >= 15 is 0 Å². The third-order valence-corrected chi connectivity index (χ3v) is 4.93. The summed E-state index contributed by atoms with van der Waals surface area (Å²) >= 11 is 7.71. The molecule has 5 nitrogen and oxygen atoms in total. The van der Waals surface area contributed by atoms with Gasteiger partial charge in [-0.15, -0.1) is 11.3 Å². The number of rotatable bonds is 5. The van der Waals surface area contributed by atoms with Crippen LogP contribution < -0.4 is 5.32 Å². The molecule has 2 aromatic heterocycles. The smallest absolute Gasteiger partial charge is 0.225 e. The molecule has 1 N–H and O–H groups in total. The zero-order chi connectivity index (χ0) is 14.7. The van der Waals surface area contributed by atoms with Crippen LogP contribution in [0.5, 0.6) is 0 Å². The van der Waals surface area contributed by atoms with Crippen LogP contribution in [0.1, 0.15) is 11.8 Å². The first kappa shape index (κ1) is 15.0.